The topological polar surface area (TPSA) is 52.3 Å². The summed E-state index contributed by atoms with van der Waals surface area (Å²) in [5.74, 6) is 0.366. The summed E-state index contributed by atoms with van der Waals surface area (Å²) in [5, 5.41) is 0. The van der Waals surface area contributed by atoms with Crippen molar-refractivity contribution in [2.45, 2.75) is 26.2 Å². The van der Waals surface area contributed by atoms with Crippen molar-refractivity contribution in [1.29, 1.82) is 0 Å². The lowest BCUT2D eigenvalue weighted by atomic mass is 10.0. The Kier molecular flexibility index (Phi) is 4.77. The van der Waals surface area contributed by atoms with Crippen LogP contribution >= 0.6 is 0 Å². The Balaban J connectivity index is 1.97. The molecule has 3 nitrogen and oxygen atoms in total. The molecule has 0 aliphatic heterocycles. The van der Waals surface area contributed by atoms with E-state index in [-0.39, 0.29) is 5.97 Å². The number of carbonyl (C=O) groups is 1. The van der Waals surface area contributed by atoms with Gasteiger partial charge in [-0.2, -0.15) is 0 Å². The van der Waals surface area contributed by atoms with Gasteiger partial charge in [-0.05, 0) is 42.5 Å². The van der Waals surface area contributed by atoms with E-state index in [0.29, 0.717) is 5.75 Å². The molecule has 0 spiro atoms. The fraction of sp³-hybridized carbons (Fsp3) is 0.235. The Hall–Kier alpha value is -2.29. The first kappa shape index (κ1) is 14.1. The van der Waals surface area contributed by atoms with Gasteiger partial charge in [-0.25, -0.2) is 0 Å². The van der Waals surface area contributed by atoms with Gasteiger partial charge in [0.1, 0.15) is 5.75 Å². The van der Waals surface area contributed by atoms with Crippen LogP contribution in [0.25, 0.3) is 0 Å². The maximum atomic E-state index is 11.1. The highest BCUT2D eigenvalue weighted by Gasteiger charge is 2.06. The molecule has 0 aromatic heterocycles. The van der Waals surface area contributed by atoms with Crippen molar-refractivity contribution in [2.75, 3.05) is 5.73 Å². The maximum Gasteiger partial charge on any atom is 0.308 e. The van der Waals surface area contributed by atoms with E-state index in [2.05, 4.69) is 0 Å². The minimum atomic E-state index is -0.287. The van der Waals surface area contributed by atoms with Crippen molar-refractivity contribution in [2.24, 2.45) is 0 Å². The molecule has 2 rings (SSSR count). The number of aryl methyl sites for hydroxylation is 2. The number of esters is 1. The Labute approximate surface area is 119 Å². The van der Waals surface area contributed by atoms with Crippen LogP contribution in [0.4, 0.5) is 5.69 Å². The standard InChI is InChI=1S/C17H19NO2/c1-13(19)20-17-12-5-3-8-15(17)10-6-9-14-7-2-4-11-16(14)18/h2-5,7-8,11-12H,6,9-10,18H2,1H3. The largest absolute Gasteiger partial charge is 0.426 e. The minimum Gasteiger partial charge on any atom is -0.426 e. The lowest BCUT2D eigenvalue weighted by Crippen LogP contribution is -2.04. The van der Waals surface area contributed by atoms with Crippen molar-refractivity contribution in [3.05, 3.63) is 59.7 Å². The summed E-state index contributed by atoms with van der Waals surface area (Å²) in [7, 11) is 0. The predicted octanol–water partition coefficient (Wildman–Crippen LogP) is 3.37. The number of carbonyl (C=O) groups excluding carboxylic acids is 1. The normalized spacial score (nSPS) is 10.2. The lowest BCUT2D eigenvalue weighted by molar-refractivity contribution is -0.131. The van der Waals surface area contributed by atoms with Crippen LogP contribution in [0.15, 0.2) is 48.5 Å². The SMILES string of the molecule is CC(=O)Oc1ccccc1CCCc1ccccc1N. The van der Waals surface area contributed by atoms with Gasteiger partial charge in [0.2, 0.25) is 0 Å². The van der Waals surface area contributed by atoms with E-state index in [1.54, 1.807) is 0 Å². The third kappa shape index (κ3) is 3.85. The zero-order chi connectivity index (χ0) is 14.4. The van der Waals surface area contributed by atoms with Crippen molar-refractivity contribution in [1.82, 2.24) is 0 Å². The van der Waals surface area contributed by atoms with Gasteiger partial charge in [-0.3, -0.25) is 4.79 Å². The molecule has 2 aromatic carbocycles. The summed E-state index contributed by atoms with van der Waals surface area (Å²) < 4.78 is 5.21. The molecular formula is C17H19NO2. The first-order chi connectivity index (χ1) is 9.66. The fourth-order valence-electron chi connectivity index (χ4n) is 2.20. The van der Waals surface area contributed by atoms with Gasteiger partial charge in [0.25, 0.3) is 0 Å². The summed E-state index contributed by atoms with van der Waals surface area (Å²) >= 11 is 0. The molecule has 0 radical (unpaired) electrons. The number of nitrogens with two attached hydrogens (primary N) is 1. The molecule has 0 amide bonds. The first-order valence-corrected chi connectivity index (χ1v) is 6.76. The molecule has 104 valence electrons. The number of benzene rings is 2. The zero-order valence-electron chi connectivity index (χ0n) is 11.6. The molecule has 2 N–H and O–H groups in total. The van der Waals surface area contributed by atoms with Gasteiger partial charge < -0.3 is 10.5 Å². The van der Waals surface area contributed by atoms with Gasteiger partial charge in [0, 0.05) is 12.6 Å². The maximum absolute atomic E-state index is 11.1. The van der Waals surface area contributed by atoms with Crippen LogP contribution in [0.1, 0.15) is 24.5 Å². The summed E-state index contributed by atoms with van der Waals surface area (Å²) in [4.78, 5) is 11.1. The smallest absolute Gasteiger partial charge is 0.308 e. The van der Waals surface area contributed by atoms with E-state index in [0.717, 1.165) is 36.1 Å². The van der Waals surface area contributed by atoms with Gasteiger partial charge >= 0.3 is 5.97 Å². The third-order valence-corrected chi connectivity index (χ3v) is 3.17. The van der Waals surface area contributed by atoms with E-state index in [9.17, 15) is 4.79 Å². The fourth-order valence-corrected chi connectivity index (χ4v) is 2.20. The highest BCUT2D eigenvalue weighted by atomic mass is 16.5. The van der Waals surface area contributed by atoms with Gasteiger partial charge in [0.15, 0.2) is 0 Å². The number of hydrogen-bond acceptors (Lipinski definition) is 3. The van der Waals surface area contributed by atoms with Crippen molar-refractivity contribution >= 4 is 11.7 Å². The third-order valence-electron chi connectivity index (χ3n) is 3.17. The predicted molar refractivity (Wildman–Crippen MR) is 80.6 cm³/mol. The number of hydrogen-bond donors (Lipinski definition) is 1. The lowest BCUT2D eigenvalue weighted by Gasteiger charge is -2.09. The Morgan fingerprint density at radius 3 is 2.30 bits per heavy atom. The molecule has 0 saturated heterocycles. The van der Waals surface area contributed by atoms with E-state index in [4.69, 9.17) is 10.5 Å². The molecule has 0 atom stereocenters. The molecule has 20 heavy (non-hydrogen) atoms. The molecular weight excluding hydrogens is 250 g/mol. The monoisotopic (exact) mass is 269 g/mol. The van der Waals surface area contributed by atoms with Gasteiger partial charge in [-0.15, -0.1) is 0 Å². The van der Waals surface area contributed by atoms with E-state index >= 15 is 0 Å². The van der Waals surface area contributed by atoms with Gasteiger partial charge in [-0.1, -0.05) is 36.4 Å². The Bertz CT molecular complexity index is 593. The summed E-state index contributed by atoms with van der Waals surface area (Å²) in [6.45, 7) is 1.42. The molecule has 0 aliphatic rings. The molecule has 2 aromatic rings. The second kappa shape index (κ2) is 6.75. The highest BCUT2D eigenvalue weighted by Crippen LogP contribution is 2.21. The highest BCUT2D eigenvalue weighted by molar-refractivity contribution is 5.69. The molecule has 0 fully saturated rings. The average molecular weight is 269 g/mol. The Morgan fingerprint density at radius 1 is 1.00 bits per heavy atom. The van der Waals surface area contributed by atoms with Crippen LogP contribution < -0.4 is 10.5 Å². The van der Waals surface area contributed by atoms with E-state index in [1.165, 1.54) is 6.92 Å². The molecule has 0 unspecified atom stereocenters. The number of para-hydroxylation sites is 2. The second-order valence-corrected chi connectivity index (χ2v) is 4.75. The van der Waals surface area contributed by atoms with Crippen LogP contribution in [0, 0.1) is 0 Å². The van der Waals surface area contributed by atoms with Crippen molar-refractivity contribution in [3.63, 3.8) is 0 Å². The first-order valence-electron chi connectivity index (χ1n) is 6.76. The van der Waals surface area contributed by atoms with Crippen molar-refractivity contribution in [3.8, 4) is 5.75 Å². The summed E-state index contributed by atoms with van der Waals surface area (Å²) in [6.07, 6.45) is 2.74. The van der Waals surface area contributed by atoms with Crippen molar-refractivity contribution < 1.29 is 9.53 Å². The minimum absolute atomic E-state index is 0.287. The summed E-state index contributed by atoms with van der Waals surface area (Å²) in [6, 6.07) is 15.6. The molecule has 3 heteroatoms. The Morgan fingerprint density at radius 2 is 1.60 bits per heavy atom. The molecule has 0 bridgehead atoms. The van der Waals surface area contributed by atoms with E-state index < -0.39 is 0 Å². The van der Waals surface area contributed by atoms with E-state index in [1.807, 2.05) is 48.5 Å². The number of rotatable bonds is 5. The van der Waals surface area contributed by atoms with Crippen LogP contribution in [0.5, 0.6) is 5.75 Å². The zero-order valence-corrected chi connectivity index (χ0v) is 11.6. The second-order valence-electron chi connectivity index (χ2n) is 4.75. The molecule has 0 aliphatic carbocycles. The van der Waals surface area contributed by atoms with Crippen LogP contribution in [0.3, 0.4) is 0 Å². The molecule has 0 saturated carbocycles. The number of nitrogen functional groups attached to an aromatic ring is 1. The summed E-state index contributed by atoms with van der Waals surface area (Å²) in [5.41, 5.74) is 8.98. The van der Waals surface area contributed by atoms with Crippen LogP contribution in [-0.4, -0.2) is 5.97 Å². The number of ether oxygens (including phenoxy) is 1. The quantitative estimate of drug-likeness (QED) is 0.514. The van der Waals surface area contributed by atoms with Crippen LogP contribution in [-0.2, 0) is 17.6 Å². The van der Waals surface area contributed by atoms with Gasteiger partial charge in [0.05, 0.1) is 0 Å². The molecule has 0 heterocycles. The van der Waals surface area contributed by atoms with Crippen LogP contribution in [0.2, 0.25) is 0 Å². The average Bonchev–Trinajstić information content (AvgIpc) is 2.42. The number of anilines is 1.